The zero-order valence-corrected chi connectivity index (χ0v) is 9.56. The summed E-state index contributed by atoms with van der Waals surface area (Å²) in [4.78, 5) is 0. The Morgan fingerprint density at radius 3 is 3.12 bits per heavy atom. The Hall–Kier alpha value is -1.68. The monoisotopic (exact) mass is 226 g/mol. The molecule has 86 valence electrons. The average Bonchev–Trinajstić information content (AvgIpc) is 2.75. The fraction of sp³-hybridized carbons (Fsp3) is 0.385. The highest BCUT2D eigenvalue weighted by Gasteiger charge is 2.32. The Bertz CT molecular complexity index is 573. The first-order valence-corrected chi connectivity index (χ1v) is 6.14. The Morgan fingerprint density at radius 2 is 2.18 bits per heavy atom. The van der Waals surface area contributed by atoms with Crippen LogP contribution in [0.1, 0.15) is 28.7 Å². The smallest absolute Gasteiger partial charge is 0.147 e. The van der Waals surface area contributed by atoms with Crippen molar-refractivity contribution in [3.8, 4) is 0 Å². The van der Waals surface area contributed by atoms with E-state index in [1.165, 1.54) is 11.1 Å². The fourth-order valence-corrected chi connectivity index (χ4v) is 2.86. The van der Waals surface area contributed by atoms with Crippen molar-refractivity contribution in [3.05, 3.63) is 47.0 Å². The van der Waals surface area contributed by atoms with Gasteiger partial charge in [0.15, 0.2) is 0 Å². The van der Waals surface area contributed by atoms with Crippen LogP contribution in [-0.2, 0) is 19.5 Å². The van der Waals surface area contributed by atoms with Gasteiger partial charge in [-0.15, -0.1) is 10.2 Å². The second-order valence-corrected chi connectivity index (χ2v) is 4.76. The molecule has 4 heteroatoms. The second-order valence-electron chi connectivity index (χ2n) is 4.76. The average molecular weight is 226 g/mol. The molecule has 4 nitrogen and oxygen atoms in total. The largest absolute Gasteiger partial charge is 0.312 e. The van der Waals surface area contributed by atoms with Crippen molar-refractivity contribution in [3.63, 3.8) is 0 Å². The third kappa shape index (κ3) is 1.27. The van der Waals surface area contributed by atoms with Gasteiger partial charge in [-0.3, -0.25) is 0 Å². The van der Waals surface area contributed by atoms with Crippen LogP contribution in [0.3, 0.4) is 0 Å². The van der Waals surface area contributed by atoms with Crippen molar-refractivity contribution < 1.29 is 0 Å². The third-order valence-electron chi connectivity index (χ3n) is 3.82. The molecule has 0 bridgehead atoms. The summed E-state index contributed by atoms with van der Waals surface area (Å²) < 4.78 is 2.29. The number of benzene rings is 1. The first-order valence-electron chi connectivity index (χ1n) is 6.14. The molecule has 1 aromatic carbocycles. The zero-order chi connectivity index (χ0) is 11.2. The molecular weight excluding hydrogens is 212 g/mol. The molecule has 1 aliphatic heterocycles. The van der Waals surface area contributed by atoms with Crippen LogP contribution in [0.5, 0.6) is 0 Å². The fourth-order valence-electron chi connectivity index (χ4n) is 2.86. The Morgan fingerprint density at radius 1 is 1.24 bits per heavy atom. The molecule has 2 heterocycles. The quantitative estimate of drug-likeness (QED) is 0.791. The van der Waals surface area contributed by atoms with Crippen molar-refractivity contribution in [1.29, 1.82) is 0 Å². The van der Waals surface area contributed by atoms with Crippen molar-refractivity contribution in [2.45, 2.75) is 25.4 Å². The molecular formula is C13H14N4. The highest BCUT2D eigenvalue weighted by atomic mass is 15.3. The van der Waals surface area contributed by atoms with Crippen LogP contribution in [0.4, 0.5) is 0 Å². The molecule has 0 fully saturated rings. The lowest BCUT2D eigenvalue weighted by molar-refractivity contribution is 0.479. The highest BCUT2D eigenvalue weighted by molar-refractivity contribution is 5.44. The lowest BCUT2D eigenvalue weighted by Gasteiger charge is -2.30. The summed E-state index contributed by atoms with van der Waals surface area (Å²) in [5.74, 6) is 2.70. The summed E-state index contributed by atoms with van der Waals surface area (Å²) in [6.07, 6.45) is 1.11. The second kappa shape index (κ2) is 3.40. The standard InChI is InChI=1S/C13H14N4/c1-2-4-10-9(3-1)7-11(10)13-16-15-12-8-14-5-6-17(12)13/h1-4,11,14H,5-8H2. The van der Waals surface area contributed by atoms with Gasteiger partial charge in [-0.1, -0.05) is 24.3 Å². The van der Waals surface area contributed by atoms with Crippen LogP contribution >= 0.6 is 0 Å². The summed E-state index contributed by atoms with van der Waals surface area (Å²) in [6, 6.07) is 8.64. The Kier molecular flexibility index (Phi) is 1.87. The molecule has 1 unspecified atom stereocenters. The minimum absolute atomic E-state index is 0.463. The number of aromatic nitrogens is 3. The Labute approximate surface area is 99.7 Å². The topological polar surface area (TPSA) is 42.7 Å². The van der Waals surface area contributed by atoms with Crippen molar-refractivity contribution in [2.75, 3.05) is 6.54 Å². The molecule has 1 aromatic heterocycles. The Balaban J connectivity index is 1.76. The number of hydrogen-bond donors (Lipinski definition) is 1. The minimum Gasteiger partial charge on any atom is -0.312 e. The van der Waals surface area contributed by atoms with Gasteiger partial charge in [0.1, 0.15) is 11.6 Å². The van der Waals surface area contributed by atoms with E-state index in [-0.39, 0.29) is 0 Å². The lowest BCUT2D eigenvalue weighted by atomic mass is 9.77. The van der Waals surface area contributed by atoms with E-state index in [9.17, 15) is 0 Å². The molecule has 1 N–H and O–H groups in total. The zero-order valence-electron chi connectivity index (χ0n) is 9.56. The number of fused-ring (bicyclic) bond motifs is 2. The molecule has 4 rings (SSSR count). The van der Waals surface area contributed by atoms with Crippen LogP contribution in [0.25, 0.3) is 0 Å². The normalized spacial score (nSPS) is 21.5. The molecule has 17 heavy (non-hydrogen) atoms. The van der Waals surface area contributed by atoms with Gasteiger partial charge in [0.25, 0.3) is 0 Å². The van der Waals surface area contributed by atoms with E-state index in [4.69, 9.17) is 0 Å². The number of rotatable bonds is 1. The van der Waals surface area contributed by atoms with E-state index >= 15 is 0 Å². The number of nitrogens with zero attached hydrogens (tertiary/aromatic N) is 3. The summed E-state index contributed by atoms with van der Waals surface area (Å²) in [7, 11) is 0. The molecule has 2 aliphatic rings. The van der Waals surface area contributed by atoms with E-state index in [0.717, 1.165) is 37.7 Å². The van der Waals surface area contributed by atoms with Gasteiger partial charge in [-0.05, 0) is 17.5 Å². The molecule has 1 aliphatic carbocycles. The molecule has 0 radical (unpaired) electrons. The van der Waals surface area contributed by atoms with Crippen LogP contribution in [-0.4, -0.2) is 21.3 Å². The predicted octanol–water partition coefficient (Wildman–Crippen LogP) is 1.07. The minimum atomic E-state index is 0.463. The van der Waals surface area contributed by atoms with E-state index in [2.05, 4.69) is 44.3 Å². The van der Waals surface area contributed by atoms with Crippen LogP contribution in [0, 0.1) is 0 Å². The van der Waals surface area contributed by atoms with Gasteiger partial charge in [0.2, 0.25) is 0 Å². The van der Waals surface area contributed by atoms with Crippen molar-refractivity contribution >= 4 is 0 Å². The molecule has 0 amide bonds. The van der Waals surface area contributed by atoms with Crippen molar-refractivity contribution in [2.24, 2.45) is 0 Å². The maximum atomic E-state index is 4.39. The summed E-state index contributed by atoms with van der Waals surface area (Å²) in [5.41, 5.74) is 2.89. The van der Waals surface area contributed by atoms with Crippen LogP contribution in [0.2, 0.25) is 0 Å². The lowest BCUT2D eigenvalue weighted by Crippen LogP contribution is -2.31. The van der Waals surface area contributed by atoms with Crippen LogP contribution < -0.4 is 5.32 Å². The van der Waals surface area contributed by atoms with Gasteiger partial charge >= 0.3 is 0 Å². The van der Waals surface area contributed by atoms with Gasteiger partial charge < -0.3 is 9.88 Å². The van der Waals surface area contributed by atoms with E-state index in [0.29, 0.717) is 5.92 Å². The first kappa shape index (κ1) is 9.36. The molecule has 1 atom stereocenters. The summed E-state index contributed by atoms with van der Waals surface area (Å²) in [5, 5.41) is 12.0. The number of nitrogens with one attached hydrogen (secondary N) is 1. The third-order valence-corrected chi connectivity index (χ3v) is 3.82. The summed E-state index contributed by atoms with van der Waals surface area (Å²) >= 11 is 0. The van der Waals surface area contributed by atoms with E-state index < -0.39 is 0 Å². The van der Waals surface area contributed by atoms with E-state index in [1.807, 2.05) is 0 Å². The van der Waals surface area contributed by atoms with Gasteiger partial charge in [-0.25, -0.2) is 0 Å². The molecule has 0 saturated carbocycles. The van der Waals surface area contributed by atoms with Crippen LogP contribution in [0.15, 0.2) is 24.3 Å². The highest BCUT2D eigenvalue weighted by Crippen LogP contribution is 2.39. The number of hydrogen-bond acceptors (Lipinski definition) is 3. The van der Waals surface area contributed by atoms with E-state index in [1.54, 1.807) is 0 Å². The SMILES string of the molecule is c1ccc2c(c1)CC2c1nnc2n1CCNC2. The maximum Gasteiger partial charge on any atom is 0.147 e. The predicted molar refractivity (Wildman–Crippen MR) is 63.7 cm³/mol. The molecule has 0 saturated heterocycles. The first-order chi connectivity index (χ1) is 8.43. The maximum absolute atomic E-state index is 4.39. The summed E-state index contributed by atoms with van der Waals surface area (Å²) in [6.45, 7) is 2.87. The van der Waals surface area contributed by atoms with Gasteiger partial charge in [-0.2, -0.15) is 0 Å². The molecule has 0 spiro atoms. The van der Waals surface area contributed by atoms with Gasteiger partial charge in [0.05, 0.1) is 6.54 Å². The molecule has 2 aromatic rings. The van der Waals surface area contributed by atoms with Crippen molar-refractivity contribution in [1.82, 2.24) is 20.1 Å². The van der Waals surface area contributed by atoms with Gasteiger partial charge in [0, 0.05) is 19.0 Å².